The highest BCUT2D eigenvalue weighted by molar-refractivity contribution is 8.00. The maximum Gasteiger partial charge on any atom is 0.250 e. The monoisotopic (exact) mass is 939 g/mol. The molecule has 5 aromatic carbocycles. The molecule has 0 radical (unpaired) electrons. The van der Waals surface area contributed by atoms with Crippen LogP contribution in [0.15, 0.2) is 141 Å². The van der Waals surface area contributed by atoms with E-state index in [0.717, 1.165) is 11.2 Å². The molecule has 5 heterocycles. The molecule has 4 aliphatic heterocycles. The number of allylic oxidation sites excluding steroid dienone is 4. The Labute approximate surface area is 420 Å². The van der Waals surface area contributed by atoms with Crippen LogP contribution in [0.25, 0.3) is 21.9 Å². The van der Waals surface area contributed by atoms with Gasteiger partial charge in [-0.3, -0.25) is 0 Å². The first-order valence-electron chi connectivity index (χ1n) is 27.0. The molecule has 4 nitrogen and oxygen atoms in total. The third-order valence-corrected chi connectivity index (χ3v) is 19.6. The van der Waals surface area contributed by atoms with Crippen molar-refractivity contribution in [3.63, 3.8) is 0 Å². The van der Waals surface area contributed by atoms with Gasteiger partial charge in [0.05, 0.1) is 16.5 Å². The second-order valence-corrected chi connectivity index (χ2v) is 25.7. The average Bonchev–Trinajstić information content (AvgIpc) is 3.89. The molecule has 0 bridgehead atoms. The normalized spacial score (nSPS) is 25.0. The van der Waals surface area contributed by atoms with Crippen LogP contribution < -0.4 is 20.7 Å². The molecule has 2 saturated carbocycles. The molecule has 0 spiro atoms. The first-order chi connectivity index (χ1) is 33.8. The molecule has 70 heavy (non-hydrogen) atoms. The highest BCUT2D eigenvalue weighted by Crippen LogP contribution is 2.66. The third-order valence-electron chi connectivity index (χ3n) is 18.2. The van der Waals surface area contributed by atoms with Gasteiger partial charge >= 0.3 is 0 Å². The Hall–Kier alpha value is -5.33. The quantitative estimate of drug-likeness (QED) is 0.164. The summed E-state index contributed by atoms with van der Waals surface area (Å²) in [6.07, 6.45) is 22.1. The Morgan fingerprint density at radius 2 is 1.33 bits per heavy atom. The average molecular weight is 939 g/mol. The van der Waals surface area contributed by atoms with Gasteiger partial charge in [0.1, 0.15) is 23.0 Å². The van der Waals surface area contributed by atoms with E-state index in [4.69, 9.17) is 9.15 Å². The molecule has 14 rings (SSSR count). The van der Waals surface area contributed by atoms with Crippen molar-refractivity contribution >= 4 is 79.8 Å². The number of fused-ring (bicyclic) bond motifs is 7. The first kappa shape index (κ1) is 43.5. The minimum absolute atomic E-state index is 0.0544. The van der Waals surface area contributed by atoms with Gasteiger partial charge in [0.15, 0.2) is 0 Å². The lowest BCUT2D eigenvalue weighted by Crippen LogP contribution is -2.62. The van der Waals surface area contributed by atoms with Crippen LogP contribution in [0.1, 0.15) is 141 Å². The van der Waals surface area contributed by atoms with E-state index in [1.54, 1.807) is 5.47 Å². The van der Waals surface area contributed by atoms with Crippen molar-refractivity contribution in [1.82, 2.24) is 0 Å². The molecule has 4 aliphatic carbocycles. The van der Waals surface area contributed by atoms with Crippen molar-refractivity contribution in [3.8, 4) is 0 Å². The van der Waals surface area contributed by atoms with Crippen molar-refractivity contribution in [2.45, 2.75) is 153 Å². The summed E-state index contributed by atoms with van der Waals surface area (Å²) < 4.78 is 15.2. The zero-order valence-electron chi connectivity index (χ0n) is 42.5. The molecule has 6 aromatic rings. The van der Waals surface area contributed by atoms with E-state index >= 15 is 0 Å². The van der Waals surface area contributed by atoms with Crippen LogP contribution in [-0.4, -0.2) is 18.1 Å². The number of anilines is 5. The number of rotatable bonds is 4. The Morgan fingerprint density at radius 1 is 0.700 bits per heavy atom. The van der Waals surface area contributed by atoms with E-state index in [1.807, 2.05) is 0 Å². The fraction of sp³-hybridized carbons (Fsp3) is 0.406. The summed E-state index contributed by atoms with van der Waals surface area (Å²) in [7, 11) is 0. The van der Waals surface area contributed by atoms with Gasteiger partial charge in [-0.25, -0.2) is 0 Å². The second kappa shape index (κ2) is 15.3. The summed E-state index contributed by atoms with van der Waals surface area (Å²) in [4.78, 5) is 7.07. The zero-order chi connectivity index (χ0) is 47.6. The molecular weight excluding hydrogens is 872 g/mol. The highest BCUT2D eigenvalue weighted by Gasteiger charge is 2.62. The molecule has 6 heteroatoms. The van der Waals surface area contributed by atoms with Crippen LogP contribution in [0, 0.1) is 24.2 Å². The van der Waals surface area contributed by atoms with Crippen LogP contribution in [0.3, 0.4) is 0 Å². The standard InChI is InChI=1S/C64H67BN2O2S/c1-37-35-45-53-46(36-37)67(44-31-19-17-29-42(44)63(5,6)7)57-52-59(69-48-33-21-22-34-64(48,52)8)50(39-25-13-10-14-26-39)61-55(57)65(53)54-56(66(45)43-30-18-16-28-41(43)62(2,3)4)51-40-27-15-20-32-47(40)68-58(51)49(60(54)70-61)38-23-11-9-12-24-38/h15-22,27-36,38-39,48,50,61H,9-14,23-26H2,1-8H3. The van der Waals surface area contributed by atoms with Crippen molar-refractivity contribution in [3.05, 3.63) is 154 Å². The van der Waals surface area contributed by atoms with Crippen molar-refractivity contribution in [2.75, 3.05) is 9.80 Å². The van der Waals surface area contributed by atoms with Gasteiger partial charge < -0.3 is 19.0 Å². The van der Waals surface area contributed by atoms with Gasteiger partial charge in [-0.2, -0.15) is 0 Å². The van der Waals surface area contributed by atoms with Crippen LogP contribution in [-0.2, 0) is 15.6 Å². The Balaban J connectivity index is 1.20. The summed E-state index contributed by atoms with van der Waals surface area (Å²) in [5.41, 5.74) is 21.0. The van der Waals surface area contributed by atoms with E-state index in [0.29, 0.717) is 11.8 Å². The number of nitrogens with zero attached hydrogens (tertiary/aromatic N) is 2. The van der Waals surface area contributed by atoms with Crippen LogP contribution in [0.2, 0.25) is 0 Å². The lowest BCUT2D eigenvalue weighted by Gasteiger charge is -2.54. The summed E-state index contributed by atoms with van der Waals surface area (Å²) in [6.45, 7) is 19.3. The summed E-state index contributed by atoms with van der Waals surface area (Å²) in [6, 6.07) is 32.8. The summed E-state index contributed by atoms with van der Waals surface area (Å²) in [5.74, 6) is 2.53. The summed E-state index contributed by atoms with van der Waals surface area (Å²) in [5, 5.41) is 2.72. The molecule has 8 aliphatic rings. The van der Waals surface area contributed by atoms with Gasteiger partial charge in [0, 0.05) is 61.0 Å². The maximum atomic E-state index is 7.71. The third kappa shape index (κ3) is 5.98. The fourth-order valence-corrected chi connectivity index (χ4v) is 17.0. The van der Waals surface area contributed by atoms with E-state index in [-0.39, 0.29) is 40.2 Å². The van der Waals surface area contributed by atoms with Gasteiger partial charge in [0.25, 0.3) is 6.71 Å². The van der Waals surface area contributed by atoms with Gasteiger partial charge in [0.2, 0.25) is 0 Å². The smallest absolute Gasteiger partial charge is 0.250 e. The van der Waals surface area contributed by atoms with Gasteiger partial charge in [-0.05, 0) is 126 Å². The van der Waals surface area contributed by atoms with Crippen LogP contribution in [0.4, 0.5) is 28.4 Å². The number of furan rings is 1. The fourth-order valence-electron chi connectivity index (χ4n) is 15.1. The number of hydrogen-bond donors (Lipinski definition) is 0. The molecule has 2 fully saturated rings. The molecule has 4 atom stereocenters. The van der Waals surface area contributed by atoms with E-state index in [1.165, 1.54) is 159 Å². The maximum absolute atomic E-state index is 7.71. The SMILES string of the molecule is Cc1cc2c3c(c1)N(c1ccccc1C(C)(C)C)c1c4c(c(C5CCCCC5)c5oc6ccccc6c15)SC1C(=C(C5=C(OC6C=CC=CC56C)C1C1CCCCC1)N2c1ccccc1C(C)(C)C)B34. The van der Waals surface area contributed by atoms with Crippen molar-refractivity contribution in [2.24, 2.45) is 17.3 Å². The first-order valence-corrected chi connectivity index (χ1v) is 27.8. The molecular formula is C64H67BN2O2S. The molecule has 0 saturated heterocycles. The molecule has 1 aromatic heterocycles. The molecule has 354 valence electrons. The van der Waals surface area contributed by atoms with E-state index < -0.39 is 0 Å². The van der Waals surface area contributed by atoms with Crippen molar-refractivity contribution in [1.29, 1.82) is 0 Å². The lowest BCUT2D eigenvalue weighted by molar-refractivity contribution is 0.0939. The molecule has 0 N–H and O–H groups in total. The topological polar surface area (TPSA) is 28.9 Å². The zero-order valence-corrected chi connectivity index (χ0v) is 43.4. The van der Waals surface area contributed by atoms with E-state index in [2.05, 4.69) is 186 Å². The number of benzene rings is 5. The number of para-hydroxylation sites is 3. The minimum atomic E-state index is -0.332. The molecule has 0 amide bonds. The predicted molar refractivity (Wildman–Crippen MR) is 295 cm³/mol. The number of thioether (sulfide) groups is 1. The Morgan fingerprint density at radius 3 is 2.03 bits per heavy atom. The highest BCUT2D eigenvalue weighted by atomic mass is 32.2. The predicted octanol–water partition coefficient (Wildman–Crippen LogP) is 16.3. The van der Waals surface area contributed by atoms with Gasteiger partial charge in [-0.15, -0.1) is 11.8 Å². The second-order valence-electron chi connectivity index (χ2n) is 24.6. The Kier molecular flexibility index (Phi) is 9.53. The van der Waals surface area contributed by atoms with Crippen molar-refractivity contribution < 1.29 is 9.15 Å². The Bertz CT molecular complexity index is 3340. The molecule has 4 unspecified atom stereocenters. The van der Waals surface area contributed by atoms with Gasteiger partial charge in [-0.1, -0.05) is 158 Å². The van der Waals surface area contributed by atoms with Crippen LogP contribution >= 0.6 is 11.8 Å². The lowest BCUT2D eigenvalue weighted by atomic mass is 9.30. The largest absolute Gasteiger partial charge is 0.489 e. The number of aryl methyl sites for hydroxylation is 1. The van der Waals surface area contributed by atoms with E-state index in [9.17, 15) is 0 Å². The number of ether oxygens (including phenoxy) is 1. The summed E-state index contributed by atoms with van der Waals surface area (Å²) >= 11 is 2.24. The minimum Gasteiger partial charge on any atom is -0.489 e. The number of hydrogen-bond acceptors (Lipinski definition) is 5. The van der Waals surface area contributed by atoms with Crippen LogP contribution in [0.5, 0.6) is 0 Å².